The summed E-state index contributed by atoms with van der Waals surface area (Å²) >= 11 is 0. The number of carbonyl (C=O) groups is 5. The van der Waals surface area contributed by atoms with Crippen molar-refractivity contribution in [2.75, 3.05) is 14.1 Å². The second-order valence-electron chi connectivity index (χ2n) is 10.8. The molecule has 3 aliphatic carbocycles. The molecule has 5 rings (SSSR count). The van der Waals surface area contributed by atoms with Gasteiger partial charge >= 0.3 is 0 Å². The molecule has 0 aliphatic heterocycles. The molecule has 0 spiro atoms. The van der Waals surface area contributed by atoms with E-state index < -0.39 is 75.0 Å². The summed E-state index contributed by atoms with van der Waals surface area (Å²) < 4.78 is 0. The molecular weight excluding hydrogens is 534 g/mol. The number of fused-ring (bicyclic) bond motifs is 3. The van der Waals surface area contributed by atoms with Crippen LogP contribution in [0.4, 0.5) is 5.69 Å². The Morgan fingerprint density at radius 1 is 1.07 bits per heavy atom. The van der Waals surface area contributed by atoms with Crippen LogP contribution >= 0.6 is 0 Å². The number of Topliss-reactive ketones (excluding diaryl/α,β-unsaturated/α-hetero) is 4. The van der Waals surface area contributed by atoms with E-state index in [1.807, 2.05) is 0 Å². The Bertz CT molecular complexity index is 1620. The number of primary amides is 1. The lowest BCUT2D eigenvalue weighted by molar-refractivity contribution is -0.384. The Kier molecular flexibility index (Phi) is 6.60. The van der Waals surface area contributed by atoms with Crippen molar-refractivity contribution < 1.29 is 39.1 Å². The smallest absolute Gasteiger partial charge is 0.269 e. The number of rotatable bonds is 3. The first-order chi connectivity index (χ1) is 19.3. The minimum atomic E-state index is -2.79. The zero-order chi connectivity index (χ0) is 30.0. The number of amides is 1. The van der Waals surface area contributed by atoms with E-state index in [-0.39, 0.29) is 24.1 Å². The number of nitrogens with zero attached hydrogens (tertiary/aromatic N) is 2. The topological polar surface area (TPSA) is 198 Å². The predicted molar refractivity (Wildman–Crippen MR) is 140 cm³/mol. The highest BCUT2D eigenvalue weighted by Gasteiger charge is 2.69. The van der Waals surface area contributed by atoms with Crippen molar-refractivity contribution in [3.8, 4) is 17.6 Å². The number of nitro groups is 1. The number of aliphatic hydroxyl groups is 1. The third kappa shape index (κ3) is 4.13. The average molecular weight is 560 g/mol. The van der Waals surface area contributed by atoms with Gasteiger partial charge in [-0.05, 0) is 62.7 Å². The third-order valence-corrected chi connectivity index (χ3v) is 8.36. The summed E-state index contributed by atoms with van der Waals surface area (Å²) in [6, 6.07) is 7.11. The molecular formula is C29H25N3O9. The number of ketones is 4. The molecule has 2 fully saturated rings. The first-order valence-corrected chi connectivity index (χ1v) is 12.7. The van der Waals surface area contributed by atoms with Crippen LogP contribution in [0.1, 0.15) is 33.5 Å². The minimum Gasteiger partial charge on any atom is -0.507 e. The fourth-order valence-electron chi connectivity index (χ4n) is 6.53. The molecule has 4 unspecified atom stereocenters. The van der Waals surface area contributed by atoms with Gasteiger partial charge in [0.1, 0.15) is 5.75 Å². The molecule has 2 saturated carbocycles. The lowest BCUT2D eigenvalue weighted by Crippen LogP contribution is -2.74. The van der Waals surface area contributed by atoms with Crippen LogP contribution in [0.15, 0.2) is 36.4 Å². The van der Waals surface area contributed by atoms with E-state index >= 15 is 0 Å². The number of benzene rings is 2. The zero-order valence-electron chi connectivity index (χ0n) is 22.0. The van der Waals surface area contributed by atoms with Crippen LogP contribution < -0.4 is 5.73 Å². The Labute approximate surface area is 233 Å². The molecule has 0 radical (unpaired) electrons. The van der Waals surface area contributed by atoms with Gasteiger partial charge in [-0.2, -0.15) is 0 Å². The third-order valence-electron chi connectivity index (χ3n) is 8.36. The Hall–Kier alpha value is -4.73. The molecule has 210 valence electrons. The highest BCUT2D eigenvalue weighted by molar-refractivity contribution is 6.32. The minimum absolute atomic E-state index is 0.0739. The van der Waals surface area contributed by atoms with Crippen LogP contribution in [0.3, 0.4) is 0 Å². The number of nitro benzene ring substituents is 1. The predicted octanol–water partition coefficient (Wildman–Crippen LogP) is 0.175. The Morgan fingerprint density at radius 3 is 2.32 bits per heavy atom. The highest BCUT2D eigenvalue weighted by Crippen LogP contribution is 2.50. The molecule has 0 saturated heterocycles. The van der Waals surface area contributed by atoms with Crippen LogP contribution in [0.5, 0.6) is 5.75 Å². The number of hydrogen-bond acceptors (Lipinski definition) is 10. The van der Waals surface area contributed by atoms with Crippen molar-refractivity contribution in [1.29, 1.82) is 0 Å². The van der Waals surface area contributed by atoms with Gasteiger partial charge in [-0.25, -0.2) is 0 Å². The van der Waals surface area contributed by atoms with E-state index in [1.54, 1.807) is 0 Å². The van der Waals surface area contributed by atoms with E-state index in [4.69, 9.17) is 5.73 Å². The molecule has 12 nitrogen and oxygen atoms in total. The summed E-state index contributed by atoms with van der Waals surface area (Å²) in [4.78, 5) is 77.9. The van der Waals surface area contributed by atoms with Gasteiger partial charge in [0.05, 0.1) is 22.4 Å². The summed E-state index contributed by atoms with van der Waals surface area (Å²) in [5.74, 6) is -5.45. The molecule has 0 bridgehead atoms. The number of hydrogen-bond donors (Lipinski definition) is 3. The summed E-state index contributed by atoms with van der Waals surface area (Å²) in [5, 5.41) is 33.1. The highest BCUT2D eigenvalue weighted by atomic mass is 16.6. The molecule has 1 amide bonds. The van der Waals surface area contributed by atoms with Crippen LogP contribution in [-0.4, -0.2) is 74.8 Å². The van der Waals surface area contributed by atoms with Gasteiger partial charge < -0.3 is 15.9 Å². The maximum absolute atomic E-state index is 13.8. The summed E-state index contributed by atoms with van der Waals surface area (Å²) in [5.41, 5.74) is 3.48. The molecule has 6 atom stereocenters. The van der Waals surface area contributed by atoms with Crippen molar-refractivity contribution in [3.63, 3.8) is 0 Å². The molecule has 0 aromatic heterocycles. The van der Waals surface area contributed by atoms with E-state index in [2.05, 4.69) is 11.8 Å². The molecule has 3 aliphatic rings. The number of nitrogens with two attached hydrogens (primary N) is 1. The average Bonchev–Trinajstić information content (AvgIpc) is 2.90. The van der Waals surface area contributed by atoms with E-state index in [0.717, 1.165) is 0 Å². The number of non-ortho nitro benzene ring substituents is 1. The Balaban J connectivity index is 1.58. The van der Waals surface area contributed by atoms with Gasteiger partial charge in [-0.3, -0.25) is 39.0 Å². The number of carbonyl (C=O) groups excluding carboxylic acids is 5. The standard InChI is InChI=1S/C29H25N3O9/c1-31(2)23-18-12-15-11-17-14(6-3-13-4-8-16(9-5-13)32(40)41)7-10-19(33)21(17)24(34)20(15)26(36)29(18,39)27(37)22(25(23)35)28(30)38/h4-5,7-10,15,18,20,22-23,33,39H,11-12H2,1-2H3,(H2,30,38)/t15?,18?,20?,22?,23-,29-/m0/s1. The van der Waals surface area contributed by atoms with Gasteiger partial charge in [0.2, 0.25) is 5.91 Å². The first kappa shape index (κ1) is 27.8. The normalized spacial score (nSPS) is 28.7. The second-order valence-corrected chi connectivity index (χ2v) is 10.8. The number of aromatic hydroxyl groups is 1. The quantitative estimate of drug-likeness (QED) is 0.202. The maximum atomic E-state index is 13.8. The fraction of sp³-hybridized carbons (Fsp3) is 0.345. The number of phenols is 1. The van der Waals surface area contributed by atoms with Crippen LogP contribution in [0, 0.1) is 45.6 Å². The van der Waals surface area contributed by atoms with E-state index in [0.29, 0.717) is 16.7 Å². The van der Waals surface area contributed by atoms with Crippen molar-refractivity contribution in [2.24, 2.45) is 29.4 Å². The SMILES string of the molecule is CN(C)[C@@H]1C(=O)C(C(N)=O)C(=O)[C@@]2(O)C(=O)C3C(=O)c4c(O)ccc(C#Cc5ccc([N+](=O)[O-])cc5)c4CC3CC12. The van der Waals surface area contributed by atoms with Crippen LogP contribution in [-0.2, 0) is 25.6 Å². The molecule has 12 heteroatoms. The second kappa shape index (κ2) is 9.72. The summed E-state index contributed by atoms with van der Waals surface area (Å²) in [6.45, 7) is 0. The van der Waals surface area contributed by atoms with Crippen molar-refractivity contribution in [1.82, 2.24) is 4.90 Å². The van der Waals surface area contributed by atoms with Crippen LogP contribution in [0.2, 0.25) is 0 Å². The van der Waals surface area contributed by atoms with Crippen molar-refractivity contribution in [3.05, 3.63) is 68.8 Å². The van der Waals surface area contributed by atoms with Gasteiger partial charge in [-0.15, -0.1) is 0 Å². The van der Waals surface area contributed by atoms with Gasteiger partial charge in [0, 0.05) is 29.2 Å². The molecule has 2 aromatic carbocycles. The number of phenolic OH excluding ortho intramolecular Hbond substituents is 1. The summed E-state index contributed by atoms with van der Waals surface area (Å²) in [6.07, 6.45) is -0.000709. The molecule has 4 N–H and O–H groups in total. The van der Waals surface area contributed by atoms with Gasteiger partial charge in [-0.1, -0.05) is 11.8 Å². The fourth-order valence-corrected chi connectivity index (χ4v) is 6.53. The van der Waals surface area contributed by atoms with E-state index in [9.17, 15) is 44.3 Å². The summed E-state index contributed by atoms with van der Waals surface area (Å²) in [7, 11) is 3.03. The van der Waals surface area contributed by atoms with Crippen LogP contribution in [0.25, 0.3) is 0 Å². The Morgan fingerprint density at radius 2 is 1.73 bits per heavy atom. The first-order valence-electron chi connectivity index (χ1n) is 12.7. The molecule has 2 aromatic rings. The van der Waals surface area contributed by atoms with E-state index in [1.165, 1.54) is 55.4 Å². The lowest BCUT2D eigenvalue weighted by Gasteiger charge is -2.52. The maximum Gasteiger partial charge on any atom is 0.269 e. The lowest BCUT2D eigenvalue weighted by atomic mass is 9.52. The van der Waals surface area contributed by atoms with Crippen molar-refractivity contribution >= 4 is 34.7 Å². The van der Waals surface area contributed by atoms with Gasteiger partial charge in [0.15, 0.2) is 34.7 Å². The molecule has 41 heavy (non-hydrogen) atoms. The largest absolute Gasteiger partial charge is 0.507 e. The van der Waals surface area contributed by atoms with Crippen molar-refractivity contribution in [2.45, 2.75) is 24.5 Å². The van der Waals surface area contributed by atoms with Gasteiger partial charge in [0.25, 0.3) is 5.69 Å². The zero-order valence-corrected chi connectivity index (χ0v) is 22.0. The molecule has 0 heterocycles. The number of likely N-dealkylation sites (N-methyl/N-ethyl adjacent to an activating group) is 1. The monoisotopic (exact) mass is 559 g/mol.